The Balaban J connectivity index is 2.35. The average molecular weight is 251 g/mol. The maximum absolute atomic E-state index is 5.95. The summed E-state index contributed by atoms with van der Waals surface area (Å²) in [6, 6.07) is 8.53. The molecule has 0 saturated carbocycles. The molecule has 0 aliphatic heterocycles. The molecule has 0 atom stereocenters. The molecule has 0 spiro atoms. The van der Waals surface area contributed by atoms with Crippen LogP contribution in [0.2, 0.25) is 5.02 Å². The Kier molecular flexibility index (Phi) is 3.35. The van der Waals surface area contributed by atoms with E-state index in [9.17, 15) is 0 Å². The number of anilines is 1. The summed E-state index contributed by atoms with van der Waals surface area (Å²) in [6.45, 7) is 0. The topological polar surface area (TPSA) is 57.4 Å². The summed E-state index contributed by atoms with van der Waals surface area (Å²) in [4.78, 5) is 4.03. The van der Waals surface area contributed by atoms with Gasteiger partial charge in [0.05, 0.1) is 7.11 Å². The van der Waals surface area contributed by atoms with Crippen molar-refractivity contribution in [3.63, 3.8) is 0 Å². The van der Waals surface area contributed by atoms with E-state index in [1.54, 1.807) is 43.6 Å². The van der Waals surface area contributed by atoms with Gasteiger partial charge in [0, 0.05) is 18.0 Å². The van der Waals surface area contributed by atoms with Crippen LogP contribution < -0.4 is 15.2 Å². The zero-order chi connectivity index (χ0) is 12.3. The van der Waals surface area contributed by atoms with Gasteiger partial charge in [-0.15, -0.1) is 0 Å². The molecule has 88 valence electrons. The molecule has 0 aliphatic carbocycles. The first kappa shape index (κ1) is 11.5. The molecule has 4 nitrogen and oxygen atoms in total. The molecule has 1 aromatic heterocycles. The first-order valence-electron chi connectivity index (χ1n) is 4.92. The average Bonchev–Trinajstić information content (AvgIpc) is 2.32. The monoisotopic (exact) mass is 250 g/mol. The predicted octanol–water partition coefficient (Wildman–Crippen LogP) is 3.12. The molecule has 2 rings (SSSR count). The molecule has 5 heteroatoms. The van der Waals surface area contributed by atoms with Crippen LogP contribution in [0.3, 0.4) is 0 Å². The number of halogens is 1. The zero-order valence-electron chi connectivity index (χ0n) is 9.18. The van der Waals surface area contributed by atoms with Gasteiger partial charge in [0.2, 0.25) is 5.88 Å². The van der Waals surface area contributed by atoms with Gasteiger partial charge in [0.15, 0.2) is 11.5 Å². The van der Waals surface area contributed by atoms with Gasteiger partial charge in [-0.05, 0) is 24.3 Å². The summed E-state index contributed by atoms with van der Waals surface area (Å²) < 4.78 is 10.7. The highest BCUT2D eigenvalue weighted by Crippen LogP contribution is 2.34. The number of benzene rings is 1. The second-order valence-electron chi connectivity index (χ2n) is 3.30. The minimum absolute atomic E-state index is 0.318. The summed E-state index contributed by atoms with van der Waals surface area (Å²) >= 11 is 5.95. The number of nitrogen functional groups attached to an aromatic ring is 1. The van der Waals surface area contributed by atoms with E-state index >= 15 is 0 Å². The molecule has 17 heavy (non-hydrogen) atoms. The number of hydrogen-bond acceptors (Lipinski definition) is 4. The van der Waals surface area contributed by atoms with Crippen LogP contribution in [0, 0.1) is 0 Å². The van der Waals surface area contributed by atoms with Crippen LogP contribution in [0.25, 0.3) is 0 Å². The third-order valence-electron chi connectivity index (χ3n) is 2.12. The van der Waals surface area contributed by atoms with Crippen molar-refractivity contribution >= 4 is 17.3 Å². The quantitative estimate of drug-likeness (QED) is 0.851. The summed E-state index contributed by atoms with van der Waals surface area (Å²) in [5.74, 6) is 1.37. The Bertz CT molecular complexity index is 532. The first-order chi connectivity index (χ1) is 8.20. The summed E-state index contributed by atoms with van der Waals surface area (Å²) in [5.41, 5.74) is 6.26. The number of rotatable bonds is 3. The Morgan fingerprint density at radius 1 is 1.24 bits per heavy atom. The zero-order valence-corrected chi connectivity index (χ0v) is 9.94. The van der Waals surface area contributed by atoms with Gasteiger partial charge in [0.25, 0.3) is 0 Å². The highest BCUT2D eigenvalue weighted by atomic mass is 35.5. The minimum Gasteiger partial charge on any atom is -0.493 e. The lowest BCUT2D eigenvalue weighted by Gasteiger charge is -2.10. The number of nitrogens with two attached hydrogens (primary N) is 1. The van der Waals surface area contributed by atoms with Gasteiger partial charge in [-0.3, -0.25) is 0 Å². The molecule has 1 aromatic carbocycles. The lowest BCUT2D eigenvalue weighted by molar-refractivity contribution is 0.374. The minimum atomic E-state index is 0.318. The van der Waals surface area contributed by atoms with Crippen LogP contribution in [0.5, 0.6) is 17.4 Å². The van der Waals surface area contributed by atoms with Crippen LogP contribution in [0.1, 0.15) is 0 Å². The molecular formula is C12H11ClN2O2. The van der Waals surface area contributed by atoms with Crippen LogP contribution >= 0.6 is 11.6 Å². The Morgan fingerprint density at radius 2 is 2.06 bits per heavy atom. The molecule has 0 unspecified atom stereocenters. The summed E-state index contributed by atoms with van der Waals surface area (Å²) in [5, 5.41) is 0.428. The number of hydrogen-bond donors (Lipinski definition) is 1. The highest BCUT2D eigenvalue weighted by Gasteiger charge is 2.09. The van der Waals surface area contributed by atoms with E-state index in [1.807, 2.05) is 0 Å². The lowest BCUT2D eigenvalue weighted by Crippen LogP contribution is -1.94. The van der Waals surface area contributed by atoms with E-state index in [4.69, 9.17) is 26.8 Å². The summed E-state index contributed by atoms with van der Waals surface area (Å²) in [6.07, 6.45) is 1.60. The second-order valence-corrected chi connectivity index (χ2v) is 3.71. The van der Waals surface area contributed by atoms with Crippen molar-refractivity contribution in [3.05, 3.63) is 41.6 Å². The molecule has 0 amide bonds. The molecule has 2 aromatic rings. The molecule has 0 bridgehead atoms. The van der Waals surface area contributed by atoms with Crippen molar-refractivity contribution in [2.75, 3.05) is 12.8 Å². The van der Waals surface area contributed by atoms with Crippen molar-refractivity contribution in [2.45, 2.75) is 0 Å². The fourth-order valence-corrected chi connectivity index (χ4v) is 1.48. The van der Waals surface area contributed by atoms with Crippen molar-refractivity contribution in [1.29, 1.82) is 0 Å². The molecule has 0 fully saturated rings. The number of ether oxygens (including phenoxy) is 2. The smallest absolute Gasteiger partial charge is 0.238 e. The van der Waals surface area contributed by atoms with Gasteiger partial charge in [-0.1, -0.05) is 11.6 Å². The predicted molar refractivity (Wildman–Crippen MR) is 66.7 cm³/mol. The maximum Gasteiger partial charge on any atom is 0.238 e. The Labute approximate surface area is 104 Å². The first-order valence-corrected chi connectivity index (χ1v) is 5.30. The summed E-state index contributed by atoms with van der Waals surface area (Å²) in [7, 11) is 1.55. The van der Waals surface area contributed by atoms with Gasteiger partial charge < -0.3 is 15.2 Å². The highest BCUT2D eigenvalue weighted by molar-refractivity contribution is 6.31. The number of pyridine rings is 1. The standard InChI is InChI=1S/C12H11ClN2O2/c1-16-10-5-4-8(14)7-11(10)17-12-9(13)3-2-6-15-12/h2-7H,14H2,1H3. The third kappa shape index (κ3) is 2.60. The van der Waals surface area contributed by atoms with Crippen molar-refractivity contribution in [3.8, 4) is 17.4 Å². The van der Waals surface area contributed by atoms with E-state index in [0.29, 0.717) is 28.1 Å². The van der Waals surface area contributed by atoms with E-state index in [1.165, 1.54) is 0 Å². The van der Waals surface area contributed by atoms with Crippen LogP contribution in [-0.4, -0.2) is 12.1 Å². The molecule has 1 heterocycles. The van der Waals surface area contributed by atoms with Gasteiger partial charge in [-0.25, -0.2) is 4.98 Å². The molecular weight excluding hydrogens is 240 g/mol. The lowest BCUT2D eigenvalue weighted by atomic mass is 10.3. The maximum atomic E-state index is 5.95. The Hall–Kier alpha value is -1.94. The van der Waals surface area contributed by atoms with Gasteiger partial charge in [0.1, 0.15) is 5.02 Å². The van der Waals surface area contributed by atoms with Crippen molar-refractivity contribution < 1.29 is 9.47 Å². The molecule has 2 N–H and O–H groups in total. The van der Waals surface area contributed by atoms with Crippen LogP contribution in [0.4, 0.5) is 5.69 Å². The fraction of sp³-hybridized carbons (Fsp3) is 0.0833. The van der Waals surface area contributed by atoms with E-state index in [-0.39, 0.29) is 0 Å². The van der Waals surface area contributed by atoms with Crippen LogP contribution in [-0.2, 0) is 0 Å². The van der Waals surface area contributed by atoms with Gasteiger partial charge >= 0.3 is 0 Å². The fourth-order valence-electron chi connectivity index (χ4n) is 1.32. The second kappa shape index (κ2) is 4.93. The van der Waals surface area contributed by atoms with Crippen molar-refractivity contribution in [1.82, 2.24) is 4.98 Å². The number of nitrogens with zero attached hydrogens (tertiary/aromatic N) is 1. The van der Waals surface area contributed by atoms with E-state index in [2.05, 4.69) is 4.98 Å². The van der Waals surface area contributed by atoms with Crippen LogP contribution in [0.15, 0.2) is 36.5 Å². The third-order valence-corrected chi connectivity index (χ3v) is 2.41. The van der Waals surface area contributed by atoms with E-state index < -0.39 is 0 Å². The normalized spacial score (nSPS) is 10.0. The van der Waals surface area contributed by atoms with Crippen molar-refractivity contribution in [2.24, 2.45) is 0 Å². The molecule has 0 saturated heterocycles. The molecule has 0 aliphatic rings. The number of methoxy groups -OCH3 is 1. The largest absolute Gasteiger partial charge is 0.493 e. The SMILES string of the molecule is COc1ccc(N)cc1Oc1ncccc1Cl. The van der Waals surface area contributed by atoms with Gasteiger partial charge in [-0.2, -0.15) is 0 Å². The Morgan fingerprint density at radius 3 is 2.76 bits per heavy atom. The van der Waals surface area contributed by atoms with E-state index in [0.717, 1.165) is 0 Å². The number of aromatic nitrogens is 1. The molecule has 0 radical (unpaired) electrons.